The van der Waals surface area contributed by atoms with Gasteiger partial charge >= 0.3 is 0 Å². The standard InChI is InChI=1S/C22H21N7O/c1-12-3-4-15-9-17(7-8-18(15)25-12)26-21(30)20-11-16-6-5-14(10-19(16)27-20)13(2)28-29-22(23)24/h3-11,27H,1-2H3,(H,26,30)(H4,23,24,29)/b28-13+. The Morgan fingerprint density at radius 2 is 1.80 bits per heavy atom. The van der Waals surface area contributed by atoms with Crippen molar-refractivity contribution >= 4 is 45.1 Å². The first-order valence-electron chi connectivity index (χ1n) is 9.34. The minimum atomic E-state index is -0.224. The fourth-order valence-corrected chi connectivity index (χ4v) is 3.17. The first-order chi connectivity index (χ1) is 14.4. The SMILES string of the molecule is C/C(=N\N=C(N)N)c1ccc2cc(C(=O)Nc3ccc4nc(C)ccc4c3)[nH]c2c1. The molecule has 8 heteroatoms. The molecule has 0 aliphatic carbocycles. The van der Waals surface area contributed by atoms with Crippen LogP contribution in [0.25, 0.3) is 21.8 Å². The third-order valence-electron chi connectivity index (χ3n) is 4.69. The molecular formula is C22H21N7O. The van der Waals surface area contributed by atoms with Gasteiger partial charge in [-0.1, -0.05) is 18.2 Å². The van der Waals surface area contributed by atoms with Crippen molar-refractivity contribution < 1.29 is 4.79 Å². The second-order valence-corrected chi connectivity index (χ2v) is 7.01. The second-order valence-electron chi connectivity index (χ2n) is 7.01. The summed E-state index contributed by atoms with van der Waals surface area (Å²) in [7, 11) is 0. The maximum absolute atomic E-state index is 12.7. The number of benzene rings is 2. The van der Waals surface area contributed by atoms with Crippen molar-refractivity contribution in [1.82, 2.24) is 9.97 Å². The van der Waals surface area contributed by atoms with Gasteiger partial charge in [-0.15, -0.1) is 5.10 Å². The summed E-state index contributed by atoms with van der Waals surface area (Å²) in [6.45, 7) is 3.75. The molecule has 0 saturated carbocycles. The summed E-state index contributed by atoms with van der Waals surface area (Å²) < 4.78 is 0. The number of aromatic amines is 1. The number of rotatable bonds is 4. The summed E-state index contributed by atoms with van der Waals surface area (Å²) in [5.74, 6) is -0.327. The average Bonchev–Trinajstić information content (AvgIpc) is 3.15. The lowest BCUT2D eigenvalue weighted by molar-refractivity contribution is 0.102. The highest BCUT2D eigenvalue weighted by molar-refractivity contribution is 6.08. The van der Waals surface area contributed by atoms with E-state index in [4.69, 9.17) is 11.5 Å². The van der Waals surface area contributed by atoms with E-state index in [2.05, 4.69) is 25.5 Å². The van der Waals surface area contributed by atoms with Crippen LogP contribution in [0, 0.1) is 6.92 Å². The Morgan fingerprint density at radius 1 is 1.00 bits per heavy atom. The molecule has 1 amide bonds. The lowest BCUT2D eigenvalue weighted by Crippen LogP contribution is -2.22. The zero-order valence-electron chi connectivity index (χ0n) is 16.6. The Labute approximate surface area is 172 Å². The molecule has 150 valence electrons. The van der Waals surface area contributed by atoms with Gasteiger partial charge in [0.2, 0.25) is 5.96 Å². The van der Waals surface area contributed by atoms with Gasteiger partial charge in [-0.3, -0.25) is 9.78 Å². The number of anilines is 1. The van der Waals surface area contributed by atoms with Crippen LogP contribution < -0.4 is 16.8 Å². The van der Waals surface area contributed by atoms with Gasteiger partial charge in [-0.05, 0) is 55.8 Å². The minimum Gasteiger partial charge on any atom is -0.369 e. The number of nitrogens with two attached hydrogens (primary N) is 2. The third kappa shape index (κ3) is 3.97. The number of aryl methyl sites for hydroxylation is 1. The van der Waals surface area contributed by atoms with Crippen molar-refractivity contribution in [3.63, 3.8) is 0 Å². The molecule has 0 saturated heterocycles. The van der Waals surface area contributed by atoms with Gasteiger partial charge in [0.15, 0.2) is 0 Å². The molecular weight excluding hydrogens is 378 g/mol. The highest BCUT2D eigenvalue weighted by Gasteiger charge is 2.11. The fourth-order valence-electron chi connectivity index (χ4n) is 3.17. The number of H-pyrrole nitrogens is 1. The van der Waals surface area contributed by atoms with Crippen LogP contribution in [-0.4, -0.2) is 27.5 Å². The van der Waals surface area contributed by atoms with Gasteiger partial charge in [0.1, 0.15) is 5.69 Å². The van der Waals surface area contributed by atoms with Crippen molar-refractivity contribution in [2.24, 2.45) is 21.7 Å². The summed E-state index contributed by atoms with van der Waals surface area (Å²) >= 11 is 0. The molecule has 4 rings (SSSR count). The fraction of sp³-hybridized carbons (Fsp3) is 0.0909. The molecule has 2 aromatic carbocycles. The van der Waals surface area contributed by atoms with Gasteiger partial charge in [0, 0.05) is 27.7 Å². The van der Waals surface area contributed by atoms with E-state index in [1.165, 1.54) is 0 Å². The predicted molar refractivity (Wildman–Crippen MR) is 121 cm³/mol. The van der Waals surface area contributed by atoms with Crippen LogP contribution in [0.2, 0.25) is 0 Å². The number of nitrogens with zero attached hydrogens (tertiary/aromatic N) is 3. The van der Waals surface area contributed by atoms with Gasteiger partial charge in [-0.2, -0.15) is 5.10 Å². The summed E-state index contributed by atoms with van der Waals surface area (Å²) in [4.78, 5) is 20.4. The molecule has 4 aromatic rings. The zero-order valence-corrected chi connectivity index (χ0v) is 16.6. The molecule has 0 bridgehead atoms. The molecule has 0 fully saturated rings. The van der Waals surface area contributed by atoms with Crippen LogP contribution in [-0.2, 0) is 0 Å². The third-order valence-corrected chi connectivity index (χ3v) is 4.69. The largest absolute Gasteiger partial charge is 0.369 e. The molecule has 0 unspecified atom stereocenters. The van der Waals surface area contributed by atoms with Crippen LogP contribution >= 0.6 is 0 Å². The normalized spacial score (nSPS) is 11.6. The summed E-state index contributed by atoms with van der Waals surface area (Å²) in [5.41, 5.74) is 16.0. The lowest BCUT2D eigenvalue weighted by Gasteiger charge is -2.05. The summed E-state index contributed by atoms with van der Waals surface area (Å²) in [5, 5.41) is 12.5. The second kappa shape index (κ2) is 7.67. The Bertz CT molecular complexity index is 1330. The van der Waals surface area contributed by atoms with E-state index in [1.54, 1.807) is 6.92 Å². The van der Waals surface area contributed by atoms with E-state index in [0.717, 1.165) is 33.1 Å². The first-order valence-corrected chi connectivity index (χ1v) is 9.34. The minimum absolute atomic E-state index is 0.103. The highest BCUT2D eigenvalue weighted by atomic mass is 16.1. The number of hydrogen-bond acceptors (Lipinski definition) is 4. The van der Waals surface area contributed by atoms with Crippen LogP contribution in [0.4, 0.5) is 5.69 Å². The maximum atomic E-state index is 12.7. The van der Waals surface area contributed by atoms with Crippen LogP contribution in [0.5, 0.6) is 0 Å². The van der Waals surface area contributed by atoms with E-state index in [0.29, 0.717) is 17.1 Å². The van der Waals surface area contributed by atoms with E-state index in [9.17, 15) is 4.79 Å². The molecule has 8 nitrogen and oxygen atoms in total. The van der Waals surface area contributed by atoms with Crippen LogP contribution in [0.15, 0.2) is 64.8 Å². The quantitative estimate of drug-likeness (QED) is 0.238. The molecule has 2 aromatic heterocycles. The topological polar surface area (TPSA) is 135 Å². The van der Waals surface area contributed by atoms with Gasteiger partial charge in [-0.25, -0.2) is 0 Å². The van der Waals surface area contributed by atoms with Crippen molar-refractivity contribution in [2.75, 3.05) is 5.32 Å². The lowest BCUT2D eigenvalue weighted by atomic mass is 10.1. The smallest absolute Gasteiger partial charge is 0.272 e. The number of nitrogens with one attached hydrogen (secondary N) is 2. The summed E-state index contributed by atoms with van der Waals surface area (Å²) in [6, 6.07) is 17.1. The number of carbonyl (C=O) groups excluding carboxylic acids is 1. The van der Waals surface area contributed by atoms with Gasteiger partial charge < -0.3 is 21.8 Å². The molecule has 0 radical (unpaired) electrons. The van der Waals surface area contributed by atoms with Gasteiger partial charge in [0.05, 0.1) is 11.2 Å². The highest BCUT2D eigenvalue weighted by Crippen LogP contribution is 2.21. The molecule has 6 N–H and O–H groups in total. The number of amides is 1. The number of aromatic nitrogens is 2. The van der Waals surface area contributed by atoms with E-state index in [-0.39, 0.29) is 11.9 Å². The summed E-state index contributed by atoms with van der Waals surface area (Å²) in [6.07, 6.45) is 0. The Morgan fingerprint density at radius 3 is 2.60 bits per heavy atom. The Kier molecular flexibility index (Phi) is 4.89. The van der Waals surface area contributed by atoms with E-state index < -0.39 is 0 Å². The Hall–Kier alpha value is -4.20. The molecule has 2 heterocycles. The molecule has 0 aliphatic rings. The predicted octanol–water partition coefficient (Wildman–Crippen LogP) is 3.27. The number of pyridine rings is 1. The first kappa shape index (κ1) is 19.1. The molecule has 0 spiro atoms. The number of fused-ring (bicyclic) bond motifs is 2. The van der Waals surface area contributed by atoms with E-state index >= 15 is 0 Å². The van der Waals surface area contributed by atoms with Crippen LogP contribution in [0.3, 0.4) is 0 Å². The van der Waals surface area contributed by atoms with Crippen molar-refractivity contribution in [1.29, 1.82) is 0 Å². The number of guanidine groups is 1. The molecule has 30 heavy (non-hydrogen) atoms. The average molecular weight is 399 g/mol. The van der Waals surface area contributed by atoms with Crippen molar-refractivity contribution in [2.45, 2.75) is 13.8 Å². The maximum Gasteiger partial charge on any atom is 0.272 e. The molecule has 0 aliphatic heterocycles. The number of hydrogen-bond donors (Lipinski definition) is 4. The zero-order chi connectivity index (χ0) is 21.3. The molecule has 0 atom stereocenters. The number of carbonyl (C=O) groups is 1. The van der Waals surface area contributed by atoms with Crippen LogP contribution in [0.1, 0.15) is 28.7 Å². The van der Waals surface area contributed by atoms with Crippen molar-refractivity contribution in [3.05, 3.63) is 71.5 Å². The Balaban J connectivity index is 1.58. The van der Waals surface area contributed by atoms with Gasteiger partial charge in [0.25, 0.3) is 5.91 Å². The van der Waals surface area contributed by atoms with Crippen molar-refractivity contribution in [3.8, 4) is 0 Å². The van der Waals surface area contributed by atoms with E-state index in [1.807, 2.05) is 61.5 Å². The monoisotopic (exact) mass is 399 g/mol.